The van der Waals surface area contributed by atoms with Crippen LogP contribution in [0.1, 0.15) is 5.56 Å². The van der Waals surface area contributed by atoms with Gasteiger partial charge in [-0.2, -0.15) is 0 Å². The Balaban J connectivity index is 2.32. The Hall–Kier alpha value is -1.77. The summed E-state index contributed by atoms with van der Waals surface area (Å²) in [6.45, 7) is 0. The van der Waals surface area contributed by atoms with Gasteiger partial charge in [-0.3, -0.25) is 4.79 Å². The van der Waals surface area contributed by atoms with Gasteiger partial charge in [-0.1, -0.05) is 12.1 Å². The lowest BCUT2D eigenvalue weighted by Crippen LogP contribution is -2.23. The van der Waals surface area contributed by atoms with Crippen molar-refractivity contribution in [2.45, 2.75) is 6.42 Å². The van der Waals surface area contributed by atoms with Gasteiger partial charge in [0, 0.05) is 32.9 Å². The number of likely N-dealkylation sites (N-methyl/N-ethyl adjacent to an activating group) is 1. The van der Waals surface area contributed by atoms with Crippen LogP contribution in [0.25, 0.3) is 10.9 Å². The van der Waals surface area contributed by atoms with Crippen LogP contribution in [-0.2, 0) is 18.3 Å². The van der Waals surface area contributed by atoms with E-state index in [1.165, 1.54) is 10.9 Å². The molecule has 2 aromatic rings. The fourth-order valence-electron chi connectivity index (χ4n) is 1.75. The van der Waals surface area contributed by atoms with Crippen LogP contribution < -0.4 is 0 Å². The molecule has 0 unspecified atom stereocenters. The van der Waals surface area contributed by atoms with Gasteiger partial charge in [-0.15, -0.1) is 0 Å². The molecular weight excluding hydrogens is 200 g/mol. The summed E-state index contributed by atoms with van der Waals surface area (Å²) in [6.07, 6.45) is 2.50. The van der Waals surface area contributed by atoms with E-state index in [4.69, 9.17) is 0 Å². The number of amides is 1. The number of fused-ring (bicyclic) bond motifs is 1. The summed E-state index contributed by atoms with van der Waals surface area (Å²) < 4.78 is 2.07. The summed E-state index contributed by atoms with van der Waals surface area (Å²) in [6, 6.07) is 8.24. The first-order valence-corrected chi connectivity index (χ1v) is 5.32. The minimum atomic E-state index is 0.133. The molecule has 1 heterocycles. The molecule has 0 atom stereocenters. The first-order valence-electron chi connectivity index (χ1n) is 5.32. The van der Waals surface area contributed by atoms with Gasteiger partial charge in [-0.25, -0.2) is 0 Å². The second kappa shape index (κ2) is 4.00. The van der Waals surface area contributed by atoms with Crippen LogP contribution in [0.3, 0.4) is 0 Å². The van der Waals surface area contributed by atoms with Gasteiger partial charge in [0.1, 0.15) is 0 Å². The van der Waals surface area contributed by atoms with Crippen molar-refractivity contribution < 1.29 is 4.79 Å². The molecule has 0 spiro atoms. The third-order valence-corrected chi connectivity index (χ3v) is 2.81. The quantitative estimate of drug-likeness (QED) is 0.751. The fraction of sp³-hybridized carbons (Fsp3) is 0.308. The molecule has 1 aromatic heterocycles. The van der Waals surface area contributed by atoms with E-state index in [1.54, 1.807) is 19.0 Å². The van der Waals surface area contributed by atoms with Crippen LogP contribution in [-0.4, -0.2) is 29.5 Å². The number of nitrogens with zero attached hydrogens (tertiary/aromatic N) is 2. The van der Waals surface area contributed by atoms with Crippen molar-refractivity contribution >= 4 is 16.8 Å². The van der Waals surface area contributed by atoms with Crippen molar-refractivity contribution in [1.82, 2.24) is 9.47 Å². The average molecular weight is 216 g/mol. The van der Waals surface area contributed by atoms with E-state index < -0.39 is 0 Å². The standard InChI is InChI=1S/C13H16N2O/c1-14(2)13(16)9-10-4-5-11-6-7-15(3)12(11)8-10/h4-8H,9H2,1-3H3. The Morgan fingerprint density at radius 3 is 2.75 bits per heavy atom. The number of carbonyl (C=O) groups excluding carboxylic acids is 1. The van der Waals surface area contributed by atoms with Crippen LogP contribution in [0.2, 0.25) is 0 Å². The van der Waals surface area contributed by atoms with E-state index in [2.05, 4.69) is 22.8 Å². The summed E-state index contributed by atoms with van der Waals surface area (Å²) in [5.74, 6) is 0.133. The molecule has 3 nitrogen and oxygen atoms in total. The largest absolute Gasteiger partial charge is 0.351 e. The maximum atomic E-state index is 11.6. The summed E-state index contributed by atoms with van der Waals surface area (Å²) in [4.78, 5) is 13.2. The Morgan fingerprint density at radius 1 is 1.31 bits per heavy atom. The lowest BCUT2D eigenvalue weighted by atomic mass is 10.1. The molecule has 16 heavy (non-hydrogen) atoms. The minimum absolute atomic E-state index is 0.133. The molecule has 1 aromatic carbocycles. The zero-order valence-corrected chi connectivity index (χ0v) is 9.90. The zero-order valence-electron chi connectivity index (χ0n) is 9.90. The smallest absolute Gasteiger partial charge is 0.226 e. The molecule has 84 valence electrons. The molecule has 2 rings (SSSR count). The minimum Gasteiger partial charge on any atom is -0.351 e. The number of hydrogen-bond donors (Lipinski definition) is 0. The van der Waals surface area contributed by atoms with Crippen molar-refractivity contribution in [3.05, 3.63) is 36.0 Å². The first-order chi connectivity index (χ1) is 7.58. The topological polar surface area (TPSA) is 25.2 Å². The zero-order chi connectivity index (χ0) is 11.7. The second-order valence-electron chi connectivity index (χ2n) is 4.28. The third kappa shape index (κ3) is 1.94. The van der Waals surface area contributed by atoms with Crippen LogP contribution in [0.15, 0.2) is 30.5 Å². The molecule has 0 aliphatic heterocycles. The number of hydrogen-bond acceptors (Lipinski definition) is 1. The van der Waals surface area contributed by atoms with Gasteiger partial charge < -0.3 is 9.47 Å². The lowest BCUT2D eigenvalue weighted by molar-refractivity contribution is -0.127. The van der Waals surface area contributed by atoms with E-state index in [0.29, 0.717) is 6.42 Å². The number of rotatable bonds is 2. The lowest BCUT2D eigenvalue weighted by Gasteiger charge is -2.10. The molecule has 0 saturated heterocycles. The van der Waals surface area contributed by atoms with Crippen molar-refractivity contribution in [3.63, 3.8) is 0 Å². The Morgan fingerprint density at radius 2 is 2.06 bits per heavy atom. The maximum absolute atomic E-state index is 11.6. The highest BCUT2D eigenvalue weighted by Gasteiger charge is 2.06. The maximum Gasteiger partial charge on any atom is 0.226 e. The van der Waals surface area contributed by atoms with Crippen LogP contribution >= 0.6 is 0 Å². The van der Waals surface area contributed by atoms with Gasteiger partial charge in [0.2, 0.25) is 5.91 Å². The van der Waals surface area contributed by atoms with Gasteiger partial charge in [0.25, 0.3) is 0 Å². The van der Waals surface area contributed by atoms with Crippen molar-refractivity contribution in [2.75, 3.05) is 14.1 Å². The number of benzene rings is 1. The van der Waals surface area contributed by atoms with Crippen molar-refractivity contribution in [1.29, 1.82) is 0 Å². The number of aromatic nitrogens is 1. The van der Waals surface area contributed by atoms with E-state index in [0.717, 1.165) is 5.56 Å². The number of carbonyl (C=O) groups is 1. The molecule has 0 fully saturated rings. The molecule has 0 aliphatic carbocycles. The molecular formula is C13H16N2O. The summed E-state index contributed by atoms with van der Waals surface area (Å²) >= 11 is 0. The monoisotopic (exact) mass is 216 g/mol. The van der Waals surface area contributed by atoms with E-state index in [9.17, 15) is 4.79 Å². The summed E-state index contributed by atoms with van der Waals surface area (Å²) in [7, 11) is 5.58. The molecule has 0 radical (unpaired) electrons. The molecule has 0 aliphatic rings. The van der Waals surface area contributed by atoms with E-state index in [1.807, 2.05) is 19.3 Å². The Labute approximate surface area is 95.3 Å². The normalized spacial score (nSPS) is 10.7. The molecule has 1 amide bonds. The summed E-state index contributed by atoms with van der Waals surface area (Å²) in [5.41, 5.74) is 2.23. The molecule has 0 saturated carbocycles. The summed E-state index contributed by atoms with van der Waals surface area (Å²) in [5, 5.41) is 1.21. The van der Waals surface area contributed by atoms with Crippen LogP contribution in [0.4, 0.5) is 0 Å². The Kier molecular flexibility index (Phi) is 2.69. The fourth-order valence-corrected chi connectivity index (χ4v) is 1.75. The predicted octanol–water partition coefficient (Wildman–Crippen LogP) is 1.81. The van der Waals surface area contributed by atoms with Gasteiger partial charge >= 0.3 is 0 Å². The van der Waals surface area contributed by atoms with Gasteiger partial charge in [0.15, 0.2) is 0 Å². The third-order valence-electron chi connectivity index (χ3n) is 2.81. The van der Waals surface area contributed by atoms with Crippen molar-refractivity contribution in [2.24, 2.45) is 7.05 Å². The second-order valence-corrected chi connectivity index (χ2v) is 4.28. The average Bonchev–Trinajstić information content (AvgIpc) is 2.60. The van der Waals surface area contributed by atoms with Gasteiger partial charge in [-0.05, 0) is 23.1 Å². The van der Waals surface area contributed by atoms with Gasteiger partial charge in [0.05, 0.1) is 6.42 Å². The Bertz CT molecular complexity index is 526. The first kappa shape index (κ1) is 10.7. The number of aryl methyl sites for hydroxylation is 1. The predicted molar refractivity (Wildman–Crippen MR) is 65.3 cm³/mol. The van der Waals surface area contributed by atoms with Crippen molar-refractivity contribution in [3.8, 4) is 0 Å². The van der Waals surface area contributed by atoms with E-state index >= 15 is 0 Å². The SMILES string of the molecule is CN(C)C(=O)Cc1ccc2ccn(C)c2c1. The van der Waals surface area contributed by atoms with Crippen LogP contribution in [0, 0.1) is 0 Å². The molecule has 3 heteroatoms. The molecule has 0 bridgehead atoms. The highest BCUT2D eigenvalue weighted by Crippen LogP contribution is 2.17. The highest BCUT2D eigenvalue weighted by atomic mass is 16.2. The highest BCUT2D eigenvalue weighted by molar-refractivity contribution is 5.83. The molecule has 0 N–H and O–H groups in total. The van der Waals surface area contributed by atoms with Crippen LogP contribution in [0.5, 0.6) is 0 Å². The van der Waals surface area contributed by atoms with E-state index in [-0.39, 0.29) is 5.91 Å².